The third kappa shape index (κ3) is 4.31. The number of amidine groups is 1. The van der Waals surface area contributed by atoms with Gasteiger partial charge in [0, 0.05) is 6.42 Å². The van der Waals surface area contributed by atoms with Crippen molar-refractivity contribution in [3.8, 4) is 0 Å². The van der Waals surface area contributed by atoms with E-state index >= 15 is 0 Å². The van der Waals surface area contributed by atoms with Crippen LogP contribution >= 0.6 is 0 Å². The summed E-state index contributed by atoms with van der Waals surface area (Å²) in [6, 6.07) is 0. The number of aliphatic imine (C=N–C) groups is 1. The molecule has 0 amide bonds. The number of esters is 1. The zero-order chi connectivity index (χ0) is 12.6. The number of nitrogens with two attached hydrogens (primary N) is 1. The number of ether oxygens (including phenoxy) is 1. The van der Waals surface area contributed by atoms with Crippen LogP contribution < -0.4 is 5.73 Å². The number of hydrogen-bond donors (Lipinski definition) is 3. The van der Waals surface area contributed by atoms with Crippen LogP contribution in [0.1, 0.15) is 20.3 Å². The van der Waals surface area contributed by atoms with Crippen molar-refractivity contribution in [2.24, 2.45) is 10.7 Å². The molecule has 0 aromatic rings. The van der Waals surface area contributed by atoms with Gasteiger partial charge in [-0.25, -0.2) is 4.79 Å². The molecule has 92 valence electrons. The highest BCUT2D eigenvalue weighted by Crippen LogP contribution is 2.08. The maximum atomic E-state index is 11.5. The molecule has 0 aromatic carbocycles. The van der Waals surface area contributed by atoms with Gasteiger partial charge in [0.15, 0.2) is 0 Å². The van der Waals surface area contributed by atoms with Crippen molar-refractivity contribution in [1.82, 2.24) is 0 Å². The smallest absolute Gasteiger partial charge is 0.345 e. The fourth-order valence-electron chi connectivity index (χ4n) is 1.000. The molecule has 0 aliphatic rings. The second-order valence-corrected chi connectivity index (χ2v) is 2.89. The van der Waals surface area contributed by atoms with Gasteiger partial charge in [-0.15, -0.1) is 0 Å². The largest absolute Gasteiger partial charge is 0.511 e. The normalized spacial score (nSPS) is 13.3. The topological polar surface area (TPSA) is 105 Å². The van der Waals surface area contributed by atoms with Crippen molar-refractivity contribution in [3.63, 3.8) is 0 Å². The van der Waals surface area contributed by atoms with E-state index in [1.54, 1.807) is 13.8 Å². The fourth-order valence-corrected chi connectivity index (χ4v) is 1.000. The molecule has 0 fully saturated rings. The van der Waals surface area contributed by atoms with Crippen molar-refractivity contribution in [2.45, 2.75) is 20.3 Å². The minimum Gasteiger partial charge on any atom is -0.511 e. The fraction of sp³-hybridized carbons (Fsp3) is 0.600. The molecular weight excluding hydrogens is 212 g/mol. The van der Waals surface area contributed by atoms with Crippen LogP contribution in [0.15, 0.2) is 16.3 Å². The van der Waals surface area contributed by atoms with Crippen molar-refractivity contribution in [1.29, 1.82) is 0 Å². The Morgan fingerprint density at radius 1 is 1.44 bits per heavy atom. The molecule has 0 rings (SSSR count). The standard InChI is InChI=1S/C10H18N2O4/c1-3-7(14)8(10(15)16-4-2)9(11)12-5-6-13/h13-14H,3-6H2,1-2H3,(H2,11,12)/b8-7-. The minimum absolute atomic E-state index is 0.0751. The van der Waals surface area contributed by atoms with Crippen LogP contribution in [0.3, 0.4) is 0 Å². The van der Waals surface area contributed by atoms with Gasteiger partial charge < -0.3 is 20.7 Å². The first-order valence-corrected chi connectivity index (χ1v) is 5.08. The summed E-state index contributed by atoms with van der Waals surface area (Å²) in [5, 5.41) is 18.1. The molecule has 0 radical (unpaired) electrons. The predicted molar refractivity (Wildman–Crippen MR) is 60.2 cm³/mol. The number of carbonyl (C=O) groups excluding carboxylic acids is 1. The summed E-state index contributed by atoms with van der Waals surface area (Å²) in [7, 11) is 0. The van der Waals surface area contributed by atoms with E-state index in [0.29, 0.717) is 0 Å². The van der Waals surface area contributed by atoms with Gasteiger partial charge in [0.2, 0.25) is 0 Å². The Labute approximate surface area is 94.4 Å². The van der Waals surface area contributed by atoms with Crippen LogP contribution in [0.2, 0.25) is 0 Å². The summed E-state index contributed by atoms with van der Waals surface area (Å²) >= 11 is 0. The Morgan fingerprint density at radius 3 is 2.50 bits per heavy atom. The van der Waals surface area contributed by atoms with E-state index in [0.717, 1.165) is 0 Å². The van der Waals surface area contributed by atoms with Crippen LogP contribution in [0.25, 0.3) is 0 Å². The van der Waals surface area contributed by atoms with Gasteiger partial charge >= 0.3 is 5.97 Å². The van der Waals surface area contributed by atoms with Gasteiger partial charge in [0.25, 0.3) is 0 Å². The first-order chi connectivity index (χ1) is 7.58. The highest BCUT2D eigenvalue weighted by molar-refractivity contribution is 6.18. The third-order valence-corrected chi connectivity index (χ3v) is 1.74. The van der Waals surface area contributed by atoms with E-state index in [1.807, 2.05) is 0 Å². The summed E-state index contributed by atoms with van der Waals surface area (Å²) in [6.45, 7) is 3.41. The average Bonchev–Trinajstić information content (AvgIpc) is 2.26. The number of allylic oxidation sites excluding steroid dienone is 1. The molecule has 0 bridgehead atoms. The average molecular weight is 230 g/mol. The van der Waals surface area contributed by atoms with Gasteiger partial charge in [0.05, 0.1) is 19.8 Å². The molecule has 16 heavy (non-hydrogen) atoms. The first-order valence-electron chi connectivity index (χ1n) is 5.08. The van der Waals surface area contributed by atoms with Gasteiger partial charge in [-0.3, -0.25) is 4.99 Å². The summed E-state index contributed by atoms with van der Waals surface area (Å²) in [5.74, 6) is -0.995. The van der Waals surface area contributed by atoms with Crippen molar-refractivity contribution in [2.75, 3.05) is 19.8 Å². The lowest BCUT2D eigenvalue weighted by Gasteiger charge is -2.08. The van der Waals surface area contributed by atoms with Crippen LogP contribution in [0, 0.1) is 0 Å². The van der Waals surface area contributed by atoms with Gasteiger partial charge in [-0.2, -0.15) is 0 Å². The molecule has 0 aliphatic heterocycles. The molecule has 6 nitrogen and oxygen atoms in total. The summed E-state index contributed by atoms with van der Waals surface area (Å²) in [6.07, 6.45) is 0.253. The predicted octanol–water partition coefficient (Wildman–Crippen LogP) is 0.121. The Morgan fingerprint density at radius 2 is 2.06 bits per heavy atom. The van der Waals surface area contributed by atoms with E-state index in [-0.39, 0.29) is 43.3 Å². The van der Waals surface area contributed by atoms with Crippen molar-refractivity contribution >= 4 is 11.8 Å². The minimum atomic E-state index is -0.707. The number of hydrogen-bond acceptors (Lipinski definition) is 5. The Balaban J connectivity index is 5.03. The van der Waals surface area contributed by atoms with E-state index < -0.39 is 5.97 Å². The van der Waals surface area contributed by atoms with Crippen molar-refractivity contribution in [3.05, 3.63) is 11.3 Å². The highest BCUT2D eigenvalue weighted by atomic mass is 16.5. The second kappa shape index (κ2) is 7.70. The van der Waals surface area contributed by atoms with E-state index in [2.05, 4.69) is 4.99 Å². The van der Waals surface area contributed by atoms with Gasteiger partial charge in [-0.1, -0.05) is 6.92 Å². The number of carbonyl (C=O) groups is 1. The lowest BCUT2D eigenvalue weighted by molar-refractivity contribution is -0.138. The molecule has 0 saturated heterocycles. The van der Waals surface area contributed by atoms with E-state index in [1.165, 1.54) is 0 Å². The third-order valence-electron chi connectivity index (χ3n) is 1.74. The van der Waals surface area contributed by atoms with Crippen molar-refractivity contribution < 1.29 is 19.7 Å². The number of aliphatic hydroxyl groups is 2. The molecule has 0 spiro atoms. The Bertz CT molecular complexity index is 297. The zero-order valence-corrected chi connectivity index (χ0v) is 9.56. The molecule has 0 aliphatic carbocycles. The number of aliphatic hydroxyl groups excluding tert-OH is 2. The monoisotopic (exact) mass is 230 g/mol. The molecule has 0 heterocycles. The first kappa shape index (κ1) is 14.4. The molecule has 0 aromatic heterocycles. The summed E-state index contributed by atoms with van der Waals surface area (Å²) in [5.41, 5.74) is 5.40. The van der Waals surface area contributed by atoms with E-state index in [9.17, 15) is 9.90 Å². The lowest BCUT2D eigenvalue weighted by Crippen LogP contribution is -2.25. The molecule has 0 unspecified atom stereocenters. The molecule has 0 atom stereocenters. The summed E-state index contributed by atoms with van der Waals surface area (Å²) in [4.78, 5) is 15.2. The van der Waals surface area contributed by atoms with Crippen LogP contribution in [-0.4, -0.2) is 41.8 Å². The Hall–Kier alpha value is -1.56. The van der Waals surface area contributed by atoms with Gasteiger partial charge in [-0.05, 0) is 6.92 Å². The molecule has 6 heteroatoms. The maximum absolute atomic E-state index is 11.5. The van der Waals surface area contributed by atoms with Gasteiger partial charge in [0.1, 0.15) is 17.2 Å². The summed E-state index contributed by atoms with van der Waals surface area (Å²) < 4.78 is 4.75. The molecule has 0 saturated carbocycles. The van der Waals surface area contributed by atoms with E-state index in [4.69, 9.17) is 15.6 Å². The van der Waals surface area contributed by atoms with Crippen LogP contribution in [0.5, 0.6) is 0 Å². The lowest BCUT2D eigenvalue weighted by atomic mass is 10.2. The second-order valence-electron chi connectivity index (χ2n) is 2.89. The zero-order valence-electron chi connectivity index (χ0n) is 9.56. The Kier molecular flexibility index (Phi) is 6.95. The van der Waals surface area contributed by atoms with Crippen LogP contribution in [-0.2, 0) is 9.53 Å². The number of rotatable bonds is 6. The maximum Gasteiger partial charge on any atom is 0.345 e. The SMILES string of the molecule is CCOC(=O)/C(C(N)=NCCO)=C(\O)CC. The van der Waals surface area contributed by atoms with Crippen LogP contribution in [0.4, 0.5) is 0 Å². The highest BCUT2D eigenvalue weighted by Gasteiger charge is 2.19. The molecular formula is C10H18N2O4. The molecule has 4 N–H and O–H groups in total. The number of nitrogens with zero attached hydrogens (tertiary/aromatic N) is 1. The quantitative estimate of drug-likeness (QED) is 0.198.